The average molecular weight is 449 g/mol. The second kappa shape index (κ2) is 9.57. The minimum atomic E-state index is -0.773. The van der Waals surface area contributed by atoms with Gasteiger partial charge in [-0.3, -0.25) is 19.6 Å². The molecule has 0 saturated carbocycles. The largest absolute Gasteiger partial charge is 0.340 e. The molecule has 0 radical (unpaired) electrons. The van der Waals surface area contributed by atoms with E-state index in [0.29, 0.717) is 24.3 Å². The van der Waals surface area contributed by atoms with Gasteiger partial charge in [-0.15, -0.1) is 0 Å². The molecular weight excluding hydrogens is 419 g/mol. The molecule has 1 aliphatic heterocycles. The molecule has 0 bridgehead atoms. The third kappa shape index (κ3) is 4.53. The van der Waals surface area contributed by atoms with E-state index in [9.17, 15) is 14.0 Å². The number of allylic oxidation sites excluding steroid dienone is 6. The van der Waals surface area contributed by atoms with Crippen molar-refractivity contribution in [3.63, 3.8) is 0 Å². The molecule has 1 aromatic carbocycles. The lowest BCUT2D eigenvalue weighted by Gasteiger charge is -2.40. The Labute approximate surface area is 193 Å². The molecule has 2 amide bonds. The summed E-state index contributed by atoms with van der Waals surface area (Å²) in [7, 11) is 0. The number of fused-ring (bicyclic) bond motifs is 1. The van der Waals surface area contributed by atoms with Crippen LogP contribution in [0.5, 0.6) is 0 Å². The van der Waals surface area contributed by atoms with Crippen molar-refractivity contribution < 1.29 is 14.0 Å². The van der Waals surface area contributed by atoms with Gasteiger partial charge in [0.05, 0.1) is 5.69 Å². The summed E-state index contributed by atoms with van der Waals surface area (Å²) in [6, 6.07) is 6.53. The van der Waals surface area contributed by atoms with Crippen LogP contribution in [0, 0.1) is 19.8 Å². The van der Waals surface area contributed by atoms with Gasteiger partial charge in [0, 0.05) is 23.6 Å². The molecule has 1 aliphatic carbocycles. The Morgan fingerprint density at radius 2 is 2.15 bits per heavy atom. The van der Waals surface area contributed by atoms with E-state index >= 15 is 0 Å². The van der Waals surface area contributed by atoms with Crippen LogP contribution in [0.1, 0.15) is 52.9 Å². The number of carbonyl (C=O) groups is 2. The molecule has 2 aromatic rings. The van der Waals surface area contributed by atoms with Crippen LogP contribution in [-0.4, -0.2) is 34.6 Å². The topological polar surface area (TPSA) is 78.1 Å². The first-order valence-corrected chi connectivity index (χ1v) is 11.3. The van der Waals surface area contributed by atoms with Crippen molar-refractivity contribution in [3.8, 4) is 0 Å². The lowest BCUT2D eigenvalue weighted by Crippen LogP contribution is -2.56. The Bertz CT molecular complexity index is 1150. The third-order valence-electron chi connectivity index (χ3n) is 6.24. The molecular formula is C26H29FN4O2. The first-order chi connectivity index (χ1) is 15.9. The van der Waals surface area contributed by atoms with Gasteiger partial charge in [-0.1, -0.05) is 42.8 Å². The summed E-state index contributed by atoms with van der Waals surface area (Å²) >= 11 is 0. The summed E-state index contributed by atoms with van der Waals surface area (Å²) in [4.78, 5) is 28.6. The van der Waals surface area contributed by atoms with E-state index in [1.807, 2.05) is 45.0 Å². The molecule has 0 fully saturated rings. The molecule has 3 atom stereocenters. The maximum atomic E-state index is 13.7. The van der Waals surface area contributed by atoms with Gasteiger partial charge < -0.3 is 5.32 Å². The van der Waals surface area contributed by atoms with E-state index in [2.05, 4.69) is 15.5 Å². The molecule has 4 rings (SSSR count). The number of halogens is 1. The zero-order valence-corrected chi connectivity index (χ0v) is 19.1. The molecule has 0 saturated heterocycles. The molecule has 0 spiro atoms. The zero-order valence-electron chi connectivity index (χ0n) is 19.1. The fraction of sp³-hybridized carbons (Fsp3) is 0.346. The van der Waals surface area contributed by atoms with Gasteiger partial charge in [-0.05, 0) is 56.9 Å². The maximum absolute atomic E-state index is 13.7. The first-order valence-electron chi connectivity index (χ1n) is 11.3. The van der Waals surface area contributed by atoms with Crippen LogP contribution >= 0.6 is 0 Å². The van der Waals surface area contributed by atoms with Gasteiger partial charge in [0.1, 0.15) is 17.7 Å². The van der Waals surface area contributed by atoms with Crippen LogP contribution in [0.3, 0.4) is 0 Å². The molecule has 2 aliphatic rings. The van der Waals surface area contributed by atoms with Gasteiger partial charge in [0.2, 0.25) is 0 Å². The molecule has 7 heteroatoms. The number of H-pyrrole nitrogens is 1. The van der Waals surface area contributed by atoms with Gasteiger partial charge >= 0.3 is 0 Å². The van der Waals surface area contributed by atoms with E-state index < -0.39 is 6.04 Å². The average Bonchev–Trinajstić information content (AvgIpc) is 3.15. The summed E-state index contributed by atoms with van der Waals surface area (Å²) in [6.45, 7) is 6.36. The van der Waals surface area contributed by atoms with Gasteiger partial charge in [0.25, 0.3) is 11.8 Å². The molecule has 1 aromatic heterocycles. The third-order valence-corrected chi connectivity index (χ3v) is 6.24. The van der Waals surface area contributed by atoms with Crippen molar-refractivity contribution in [2.24, 2.45) is 5.92 Å². The lowest BCUT2D eigenvalue weighted by molar-refractivity contribution is -0.121. The predicted molar refractivity (Wildman–Crippen MR) is 127 cm³/mol. The summed E-state index contributed by atoms with van der Waals surface area (Å²) in [6.07, 6.45) is 9.51. The smallest absolute Gasteiger partial charge is 0.251 e. The number of aromatic nitrogens is 2. The molecule has 1 unspecified atom stereocenters. The standard InChI is InChI=1S/C26H29FN4O2/c1-4-14-31-24-21(17(3)29-30-24)22(18-9-6-12-20(27)13-7-10-18)23(26(31)33)28-25(32)19-11-5-8-16(2)15-19/h5-9,11-13,15,18,22-23H,4,10,14H2,1-3H3,(H,28,32)(H,29,30)/b9-6+,13-7-,20-12+/t18?,22-,23-/m0/s1. The number of rotatable bonds is 5. The fourth-order valence-electron chi connectivity index (χ4n) is 4.73. The fourth-order valence-corrected chi connectivity index (χ4v) is 4.73. The molecule has 33 heavy (non-hydrogen) atoms. The maximum Gasteiger partial charge on any atom is 0.251 e. The van der Waals surface area contributed by atoms with Crippen LogP contribution < -0.4 is 10.2 Å². The Kier molecular flexibility index (Phi) is 6.58. The van der Waals surface area contributed by atoms with Crippen LogP contribution in [0.2, 0.25) is 0 Å². The van der Waals surface area contributed by atoms with Crippen LogP contribution in [0.25, 0.3) is 0 Å². The quantitative estimate of drug-likeness (QED) is 0.699. The van der Waals surface area contributed by atoms with Crippen molar-refractivity contribution in [1.29, 1.82) is 0 Å². The Morgan fingerprint density at radius 1 is 1.33 bits per heavy atom. The normalized spacial score (nSPS) is 25.9. The van der Waals surface area contributed by atoms with Crippen molar-refractivity contribution in [3.05, 3.63) is 82.9 Å². The lowest BCUT2D eigenvalue weighted by atomic mass is 9.75. The summed E-state index contributed by atoms with van der Waals surface area (Å²) in [5.41, 5.74) is 3.19. The summed E-state index contributed by atoms with van der Waals surface area (Å²) < 4.78 is 13.7. The zero-order chi connectivity index (χ0) is 23.5. The van der Waals surface area contributed by atoms with E-state index in [1.165, 1.54) is 12.2 Å². The number of aryl methyl sites for hydroxylation is 2. The van der Waals surface area contributed by atoms with E-state index in [-0.39, 0.29) is 29.5 Å². The Hall–Kier alpha value is -3.48. The SMILES string of the molecule is CCCN1C(=O)[C@@H](NC(=O)c2cccc(C)c2)[C@@H](C2/C=C/C=C(F)\C=C/C2)c2c(C)n[nH]c21. The second-order valence-corrected chi connectivity index (χ2v) is 8.65. The number of hydrogen-bond donors (Lipinski definition) is 2. The molecule has 2 heterocycles. The van der Waals surface area contributed by atoms with E-state index in [4.69, 9.17) is 0 Å². The van der Waals surface area contributed by atoms with Crippen LogP contribution in [0.15, 0.2) is 60.5 Å². The summed E-state index contributed by atoms with van der Waals surface area (Å²) in [5.74, 6) is -0.561. The highest BCUT2D eigenvalue weighted by molar-refractivity contribution is 6.04. The van der Waals surface area contributed by atoms with Gasteiger partial charge in [0.15, 0.2) is 0 Å². The van der Waals surface area contributed by atoms with Crippen LogP contribution in [0.4, 0.5) is 10.2 Å². The van der Waals surface area contributed by atoms with Crippen LogP contribution in [-0.2, 0) is 4.79 Å². The van der Waals surface area contributed by atoms with Crippen molar-refractivity contribution in [2.75, 3.05) is 11.4 Å². The predicted octanol–water partition coefficient (Wildman–Crippen LogP) is 4.65. The highest BCUT2D eigenvalue weighted by Gasteiger charge is 2.46. The first kappa shape index (κ1) is 22.7. The molecule has 6 nitrogen and oxygen atoms in total. The minimum absolute atomic E-state index is 0.129. The highest BCUT2D eigenvalue weighted by Crippen LogP contribution is 2.43. The molecule has 2 N–H and O–H groups in total. The highest BCUT2D eigenvalue weighted by atomic mass is 19.1. The van der Waals surface area contributed by atoms with Gasteiger partial charge in [-0.2, -0.15) is 5.10 Å². The number of aromatic amines is 1. The number of nitrogens with zero attached hydrogens (tertiary/aromatic N) is 2. The number of benzene rings is 1. The number of carbonyl (C=O) groups excluding carboxylic acids is 2. The summed E-state index contributed by atoms with van der Waals surface area (Å²) in [5, 5.41) is 10.5. The van der Waals surface area contributed by atoms with E-state index in [0.717, 1.165) is 23.2 Å². The van der Waals surface area contributed by atoms with Crippen molar-refractivity contribution in [1.82, 2.24) is 15.5 Å². The Balaban J connectivity index is 1.78. The molecule has 172 valence electrons. The monoisotopic (exact) mass is 448 g/mol. The number of nitrogens with one attached hydrogen (secondary N) is 2. The van der Waals surface area contributed by atoms with Crippen molar-refractivity contribution in [2.45, 2.75) is 45.6 Å². The number of hydrogen-bond acceptors (Lipinski definition) is 3. The minimum Gasteiger partial charge on any atom is -0.340 e. The van der Waals surface area contributed by atoms with Crippen molar-refractivity contribution >= 4 is 17.6 Å². The van der Waals surface area contributed by atoms with E-state index in [1.54, 1.807) is 23.1 Å². The Morgan fingerprint density at radius 3 is 2.91 bits per heavy atom. The number of anilines is 1. The second-order valence-electron chi connectivity index (χ2n) is 8.65. The van der Waals surface area contributed by atoms with Gasteiger partial charge in [-0.25, -0.2) is 4.39 Å². The number of amides is 2.